The van der Waals surface area contributed by atoms with Crippen molar-refractivity contribution in [2.75, 3.05) is 54.1 Å². The van der Waals surface area contributed by atoms with Crippen LogP contribution < -0.4 is 19.5 Å². The molecule has 2 saturated heterocycles. The summed E-state index contributed by atoms with van der Waals surface area (Å²) in [7, 11) is 4.62. The molecule has 1 aromatic rings. The molecule has 2 heterocycles. The highest BCUT2D eigenvalue weighted by molar-refractivity contribution is 5.95. The third-order valence-corrected chi connectivity index (χ3v) is 7.17. The highest BCUT2D eigenvalue weighted by Gasteiger charge is 2.27. The number of carbonyl (C=O) groups is 2. The van der Waals surface area contributed by atoms with Crippen LogP contribution in [0.4, 0.5) is 0 Å². The minimum absolute atomic E-state index is 0.0610. The zero-order chi connectivity index (χ0) is 24.5. The van der Waals surface area contributed by atoms with Gasteiger partial charge in [0.1, 0.15) is 0 Å². The van der Waals surface area contributed by atoms with Crippen molar-refractivity contribution in [3.8, 4) is 17.2 Å². The van der Waals surface area contributed by atoms with Gasteiger partial charge in [-0.3, -0.25) is 9.59 Å². The van der Waals surface area contributed by atoms with Crippen molar-refractivity contribution in [2.45, 2.75) is 57.9 Å². The van der Waals surface area contributed by atoms with Crippen molar-refractivity contribution in [2.24, 2.45) is 5.92 Å². The molecular formula is C26H41N3O5. The lowest BCUT2D eigenvalue weighted by molar-refractivity contribution is -0.122. The molecule has 0 unspecified atom stereocenters. The molecule has 2 aliphatic rings. The fraction of sp³-hybridized carbons (Fsp3) is 0.692. The number of amides is 2. The van der Waals surface area contributed by atoms with E-state index in [-0.39, 0.29) is 11.8 Å². The van der Waals surface area contributed by atoms with Gasteiger partial charge < -0.3 is 29.3 Å². The van der Waals surface area contributed by atoms with Gasteiger partial charge in [-0.2, -0.15) is 0 Å². The van der Waals surface area contributed by atoms with E-state index < -0.39 is 0 Å². The second kappa shape index (κ2) is 12.8. The molecule has 2 amide bonds. The largest absolute Gasteiger partial charge is 0.493 e. The van der Waals surface area contributed by atoms with Crippen molar-refractivity contribution in [1.29, 1.82) is 0 Å². The summed E-state index contributed by atoms with van der Waals surface area (Å²) in [5.74, 6) is 1.77. The fourth-order valence-corrected chi connectivity index (χ4v) is 5.06. The quantitative estimate of drug-likeness (QED) is 0.523. The summed E-state index contributed by atoms with van der Waals surface area (Å²) in [4.78, 5) is 29.9. The summed E-state index contributed by atoms with van der Waals surface area (Å²) in [6.07, 6.45) is 7.10. The maximum atomic E-state index is 13.1. The van der Waals surface area contributed by atoms with Crippen molar-refractivity contribution in [3.63, 3.8) is 0 Å². The lowest BCUT2D eigenvalue weighted by Crippen LogP contribution is -2.40. The maximum absolute atomic E-state index is 13.1. The first kappa shape index (κ1) is 26.1. The minimum atomic E-state index is -0.0610. The van der Waals surface area contributed by atoms with Crippen LogP contribution in [0, 0.1) is 5.92 Å². The second-order valence-electron chi connectivity index (χ2n) is 9.44. The number of nitrogens with zero attached hydrogens (tertiary/aromatic N) is 2. The maximum Gasteiger partial charge on any atom is 0.254 e. The van der Waals surface area contributed by atoms with Crippen LogP contribution in [0.1, 0.15) is 62.2 Å². The van der Waals surface area contributed by atoms with Crippen molar-refractivity contribution >= 4 is 11.8 Å². The smallest absolute Gasteiger partial charge is 0.254 e. The Labute approximate surface area is 203 Å². The highest BCUT2D eigenvalue weighted by Crippen LogP contribution is 2.38. The molecular weight excluding hydrogens is 434 g/mol. The average molecular weight is 476 g/mol. The molecule has 8 heteroatoms. The lowest BCUT2D eigenvalue weighted by atomic mass is 9.92. The van der Waals surface area contributed by atoms with E-state index in [2.05, 4.69) is 17.1 Å². The van der Waals surface area contributed by atoms with E-state index in [9.17, 15) is 9.59 Å². The van der Waals surface area contributed by atoms with Gasteiger partial charge in [-0.15, -0.1) is 0 Å². The monoisotopic (exact) mass is 475 g/mol. The number of ether oxygens (including phenoxy) is 3. The van der Waals surface area contributed by atoms with Crippen LogP contribution in [0.15, 0.2) is 12.1 Å². The van der Waals surface area contributed by atoms with Crippen LogP contribution in [0.3, 0.4) is 0 Å². The molecule has 0 aliphatic carbocycles. The third-order valence-electron chi connectivity index (χ3n) is 7.17. The Balaban J connectivity index is 1.41. The third kappa shape index (κ3) is 6.78. The molecule has 0 saturated carbocycles. The van der Waals surface area contributed by atoms with Gasteiger partial charge in [-0.25, -0.2) is 0 Å². The van der Waals surface area contributed by atoms with Crippen molar-refractivity contribution in [3.05, 3.63) is 17.7 Å². The number of piperidine rings is 2. The first-order chi connectivity index (χ1) is 16.5. The van der Waals surface area contributed by atoms with E-state index in [0.29, 0.717) is 54.3 Å². The predicted octanol–water partition coefficient (Wildman–Crippen LogP) is 3.34. The number of carbonyl (C=O) groups excluding carboxylic acids is 2. The van der Waals surface area contributed by atoms with Crippen LogP contribution in [-0.2, 0) is 4.79 Å². The van der Waals surface area contributed by atoms with Gasteiger partial charge in [0.15, 0.2) is 11.5 Å². The van der Waals surface area contributed by atoms with Crippen LogP contribution in [-0.4, -0.2) is 81.7 Å². The summed E-state index contributed by atoms with van der Waals surface area (Å²) < 4.78 is 16.1. The summed E-state index contributed by atoms with van der Waals surface area (Å²) in [5, 5.41) is 3.09. The average Bonchev–Trinajstić information content (AvgIpc) is 2.86. The normalized spacial score (nSPS) is 19.5. The number of benzene rings is 1. The van der Waals surface area contributed by atoms with Crippen molar-refractivity contribution in [1.82, 2.24) is 15.1 Å². The molecule has 0 radical (unpaired) electrons. The molecule has 1 atom stereocenters. The van der Waals surface area contributed by atoms with Gasteiger partial charge in [-0.05, 0) is 63.6 Å². The minimum Gasteiger partial charge on any atom is -0.493 e. The standard InChI is InChI=1S/C26H41N3O5/c1-19-8-5-6-12-28(19)13-7-11-27-24(30)16-20-9-14-29(15-10-20)26(31)21-17-22(32-2)25(34-4)23(18-21)33-3/h17-20H,5-16H2,1-4H3,(H,27,30)/t19-/m1/s1. The Bertz CT molecular complexity index is 798. The van der Waals surface area contributed by atoms with E-state index in [4.69, 9.17) is 14.2 Å². The molecule has 8 nitrogen and oxygen atoms in total. The summed E-state index contributed by atoms with van der Waals surface area (Å²) in [5.41, 5.74) is 0.508. The Morgan fingerprint density at radius 2 is 1.65 bits per heavy atom. The van der Waals surface area contributed by atoms with Gasteiger partial charge in [-0.1, -0.05) is 6.42 Å². The van der Waals surface area contributed by atoms with Gasteiger partial charge >= 0.3 is 0 Å². The number of likely N-dealkylation sites (tertiary alicyclic amines) is 2. The van der Waals surface area contributed by atoms with E-state index in [1.54, 1.807) is 12.1 Å². The zero-order valence-corrected chi connectivity index (χ0v) is 21.2. The van der Waals surface area contributed by atoms with Gasteiger partial charge in [0.05, 0.1) is 21.3 Å². The first-order valence-electron chi connectivity index (χ1n) is 12.6. The molecule has 1 aromatic carbocycles. The van der Waals surface area contributed by atoms with Crippen LogP contribution >= 0.6 is 0 Å². The number of hydrogen-bond acceptors (Lipinski definition) is 6. The molecule has 190 valence electrons. The topological polar surface area (TPSA) is 80.3 Å². The Hall–Kier alpha value is -2.48. The van der Waals surface area contributed by atoms with Crippen LogP contribution in [0.5, 0.6) is 17.2 Å². The molecule has 3 rings (SSSR count). The van der Waals surface area contributed by atoms with Crippen molar-refractivity contribution < 1.29 is 23.8 Å². The first-order valence-corrected chi connectivity index (χ1v) is 12.6. The number of methoxy groups -OCH3 is 3. The number of rotatable bonds is 10. The molecule has 34 heavy (non-hydrogen) atoms. The summed E-state index contributed by atoms with van der Waals surface area (Å²) >= 11 is 0. The molecule has 2 fully saturated rings. The number of nitrogens with one attached hydrogen (secondary N) is 1. The van der Waals surface area contributed by atoms with E-state index >= 15 is 0 Å². The SMILES string of the molecule is COc1cc(C(=O)N2CCC(CC(=O)NCCCN3CCCC[C@H]3C)CC2)cc(OC)c1OC. The van der Waals surface area contributed by atoms with Gasteiger partial charge in [0, 0.05) is 44.2 Å². The summed E-state index contributed by atoms with van der Waals surface area (Å²) in [6, 6.07) is 4.04. The highest BCUT2D eigenvalue weighted by atomic mass is 16.5. The van der Waals surface area contributed by atoms with E-state index in [1.165, 1.54) is 47.1 Å². The fourth-order valence-electron chi connectivity index (χ4n) is 5.06. The van der Waals surface area contributed by atoms with Gasteiger partial charge in [0.2, 0.25) is 11.7 Å². The molecule has 0 bridgehead atoms. The zero-order valence-electron chi connectivity index (χ0n) is 21.2. The predicted molar refractivity (Wildman–Crippen MR) is 132 cm³/mol. The molecule has 0 spiro atoms. The molecule has 1 N–H and O–H groups in total. The lowest BCUT2D eigenvalue weighted by Gasteiger charge is -2.33. The molecule has 2 aliphatic heterocycles. The molecule has 0 aromatic heterocycles. The van der Waals surface area contributed by atoms with Gasteiger partial charge in [0.25, 0.3) is 5.91 Å². The summed E-state index contributed by atoms with van der Waals surface area (Å²) in [6.45, 7) is 6.56. The van der Waals surface area contributed by atoms with Crippen LogP contribution in [0.25, 0.3) is 0 Å². The van der Waals surface area contributed by atoms with E-state index in [0.717, 1.165) is 32.4 Å². The van der Waals surface area contributed by atoms with Crippen LogP contribution in [0.2, 0.25) is 0 Å². The Morgan fingerprint density at radius 1 is 0.971 bits per heavy atom. The van der Waals surface area contributed by atoms with E-state index in [1.807, 2.05) is 4.90 Å². The Morgan fingerprint density at radius 3 is 2.24 bits per heavy atom. The second-order valence-corrected chi connectivity index (χ2v) is 9.44. The number of hydrogen-bond donors (Lipinski definition) is 1. The Kier molecular flexibility index (Phi) is 9.86.